The smallest absolute Gasteiger partial charge is 0.194 e. The highest BCUT2D eigenvalue weighted by Gasteiger charge is 2.21. The third-order valence-electron chi connectivity index (χ3n) is 5.85. The molecule has 1 atom stereocenters. The van der Waals surface area contributed by atoms with Gasteiger partial charge in [0.2, 0.25) is 0 Å². The second-order valence-corrected chi connectivity index (χ2v) is 8.14. The lowest BCUT2D eigenvalue weighted by molar-refractivity contribution is 0.152. The number of hydrogen-bond acceptors (Lipinski definition) is 5. The molecule has 0 bridgehead atoms. The molecule has 31 heavy (non-hydrogen) atoms. The van der Waals surface area contributed by atoms with Crippen LogP contribution in [0.4, 0.5) is 0 Å². The van der Waals surface area contributed by atoms with Crippen molar-refractivity contribution in [3.8, 4) is 5.75 Å². The van der Waals surface area contributed by atoms with Crippen molar-refractivity contribution in [1.82, 2.24) is 15.1 Å². The standard InChI is InChI=1S/C24H34N4O3/c1-2-5-22(6-3-1)31-18-15-27-11-13-28(14-12-27)24(26-19-21-9-17-29-20-21)25-10-8-23-7-4-16-30-23/h1-7,16,21H,8-15,17-20H2,(H,25,26). The number of ether oxygens (including phenoxy) is 2. The normalized spacial score (nSPS) is 20.2. The summed E-state index contributed by atoms with van der Waals surface area (Å²) in [6.45, 7) is 8.98. The van der Waals surface area contributed by atoms with Gasteiger partial charge in [0.15, 0.2) is 5.96 Å². The number of furan rings is 1. The van der Waals surface area contributed by atoms with E-state index in [4.69, 9.17) is 18.9 Å². The molecule has 1 aromatic heterocycles. The molecular weight excluding hydrogens is 392 g/mol. The predicted molar refractivity (Wildman–Crippen MR) is 122 cm³/mol. The molecule has 0 radical (unpaired) electrons. The first-order valence-electron chi connectivity index (χ1n) is 11.4. The van der Waals surface area contributed by atoms with E-state index in [1.807, 2.05) is 42.5 Å². The summed E-state index contributed by atoms with van der Waals surface area (Å²) < 4.78 is 16.8. The molecule has 1 N–H and O–H groups in total. The second-order valence-electron chi connectivity index (χ2n) is 8.14. The molecule has 1 aromatic carbocycles. The molecular formula is C24H34N4O3. The van der Waals surface area contributed by atoms with Gasteiger partial charge in [0.05, 0.1) is 12.9 Å². The van der Waals surface area contributed by atoms with Crippen molar-refractivity contribution >= 4 is 5.96 Å². The summed E-state index contributed by atoms with van der Waals surface area (Å²) in [6.07, 6.45) is 3.69. The summed E-state index contributed by atoms with van der Waals surface area (Å²) in [5.41, 5.74) is 0. The van der Waals surface area contributed by atoms with Crippen LogP contribution in [0, 0.1) is 5.92 Å². The van der Waals surface area contributed by atoms with E-state index in [1.165, 1.54) is 0 Å². The van der Waals surface area contributed by atoms with Gasteiger partial charge in [-0.2, -0.15) is 0 Å². The van der Waals surface area contributed by atoms with Crippen LogP contribution in [-0.2, 0) is 11.2 Å². The van der Waals surface area contributed by atoms with Gasteiger partial charge in [0.1, 0.15) is 18.1 Å². The fourth-order valence-corrected chi connectivity index (χ4v) is 3.96. The summed E-state index contributed by atoms with van der Waals surface area (Å²) in [5, 5.41) is 3.56. The van der Waals surface area contributed by atoms with Crippen LogP contribution >= 0.6 is 0 Å². The minimum Gasteiger partial charge on any atom is -0.492 e. The van der Waals surface area contributed by atoms with Gasteiger partial charge < -0.3 is 24.1 Å². The summed E-state index contributed by atoms with van der Waals surface area (Å²) >= 11 is 0. The first kappa shape index (κ1) is 21.7. The molecule has 1 unspecified atom stereocenters. The molecule has 0 spiro atoms. The Morgan fingerprint density at radius 1 is 1.10 bits per heavy atom. The van der Waals surface area contributed by atoms with Gasteiger partial charge in [-0.25, -0.2) is 0 Å². The van der Waals surface area contributed by atoms with Crippen LogP contribution in [-0.4, -0.2) is 81.4 Å². The average molecular weight is 427 g/mol. The Morgan fingerprint density at radius 2 is 1.97 bits per heavy atom. The van der Waals surface area contributed by atoms with Crippen molar-refractivity contribution < 1.29 is 13.9 Å². The van der Waals surface area contributed by atoms with Crippen molar-refractivity contribution in [2.45, 2.75) is 12.8 Å². The minimum absolute atomic E-state index is 0.540. The van der Waals surface area contributed by atoms with Crippen LogP contribution < -0.4 is 10.1 Å². The highest BCUT2D eigenvalue weighted by molar-refractivity contribution is 5.80. The van der Waals surface area contributed by atoms with Crippen LogP contribution in [0.2, 0.25) is 0 Å². The number of aliphatic imine (C=N–C) groups is 1. The average Bonchev–Trinajstić information content (AvgIpc) is 3.52. The summed E-state index contributed by atoms with van der Waals surface area (Å²) in [5.74, 6) is 3.49. The fraction of sp³-hybridized carbons (Fsp3) is 0.542. The number of hydrogen-bond donors (Lipinski definition) is 1. The second kappa shape index (κ2) is 11.8. The number of rotatable bonds is 9. The Hall–Kier alpha value is -2.51. The molecule has 4 rings (SSSR count). The van der Waals surface area contributed by atoms with Gasteiger partial charge in [-0.3, -0.25) is 9.89 Å². The molecule has 168 valence electrons. The zero-order valence-corrected chi connectivity index (χ0v) is 18.2. The van der Waals surface area contributed by atoms with Crippen LogP contribution in [0.3, 0.4) is 0 Å². The van der Waals surface area contributed by atoms with E-state index in [-0.39, 0.29) is 0 Å². The Morgan fingerprint density at radius 3 is 2.71 bits per heavy atom. The van der Waals surface area contributed by atoms with Gasteiger partial charge in [-0.05, 0) is 30.7 Å². The van der Waals surface area contributed by atoms with Gasteiger partial charge >= 0.3 is 0 Å². The van der Waals surface area contributed by atoms with Gasteiger partial charge in [-0.1, -0.05) is 18.2 Å². The molecule has 2 aliphatic heterocycles. The molecule has 0 aliphatic carbocycles. The predicted octanol–water partition coefficient (Wildman–Crippen LogP) is 2.50. The Labute approximate surface area is 185 Å². The topological polar surface area (TPSA) is 62.5 Å². The van der Waals surface area contributed by atoms with Crippen molar-refractivity contribution in [2.24, 2.45) is 10.9 Å². The lowest BCUT2D eigenvalue weighted by Crippen LogP contribution is -2.53. The van der Waals surface area contributed by atoms with Gasteiger partial charge in [0.25, 0.3) is 0 Å². The number of piperazine rings is 1. The number of nitrogens with zero attached hydrogens (tertiary/aromatic N) is 3. The maximum atomic E-state index is 5.85. The van der Waals surface area contributed by atoms with Crippen LogP contribution in [0.1, 0.15) is 12.2 Å². The van der Waals surface area contributed by atoms with Crippen molar-refractivity contribution in [1.29, 1.82) is 0 Å². The van der Waals surface area contributed by atoms with Crippen molar-refractivity contribution in [3.63, 3.8) is 0 Å². The monoisotopic (exact) mass is 426 g/mol. The first-order chi connectivity index (χ1) is 15.4. The minimum atomic E-state index is 0.540. The van der Waals surface area contributed by atoms with E-state index in [0.717, 1.165) is 89.3 Å². The highest BCUT2D eigenvalue weighted by Crippen LogP contribution is 2.13. The molecule has 2 aliphatic rings. The van der Waals surface area contributed by atoms with E-state index < -0.39 is 0 Å². The maximum absolute atomic E-state index is 5.85. The number of para-hydroxylation sites is 1. The maximum Gasteiger partial charge on any atom is 0.194 e. The van der Waals surface area contributed by atoms with Crippen LogP contribution in [0.5, 0.6) is 5.75 Å². The lowest BCUT2D eigenvalue weighted by atomic mass is 10.1. The van der Waals surface area contributed by atoms with E-state index in [0.29, 0.717) is 12.5 Å². The lowest BCUT2D eigenvalue weighted by Gasteiger charge is -2.36. The first-order valence-corrected chi connectivity index (χ1v) is 11.4. The molecule has 0 amide bonds. The molecule has 2 saturated heterocycles. The van der Waals surface area contributed by atoms with Crippen molar-refractivity contribution in [3.05, 3.63) is 54.5 Å². The van der Waals surface area contributed by atoms with E-state index in [2.05, 4.69) is 15.1 Å². The summed E-state index contributed by atoms with van der Waals surface area (Å²) in [6, 6.07) is 14.0. The third-order valence-corrected chi connectivity index (χ3v) is 5.85. The highest BCUT2D eigenvalue weighted by atomic mass is 16.5. The largest absolute Gasteiger partial charge is 0.492 e. The van der Waals surface area contributed by atoms with E-state index in [9.17, 15) is 0 Å². The third kappa shape index (κ3) is 7.01. The zero-order chi connectivity index (χ0) is 21.1. The van der Waals surface area contributed by atoms with E-state index in [1.54, 1.807) is 6.26 Å². The SMILES string of the molecule is c1ccc(OCCN2CCN(C(=NCC3CCOC3)NCCc3ccco3)CC2)cc1. The molecule has 2 aromatic rings. The fourth-order valence-electron chi connectivity index (χ4n) is 3.96. The van der Waals surface area contributed by atoms with Crippen LogP contribution in [0.25, 0.3) is 0 Å². The summed E-state index contributed by atoms with van der Waals surface area (Å²) in [4.78, 5) is 9.80. The zero-order valence-electron chi connectivity index (χ0n) is 18.2. The van der Waals surface area contributed by atoms with Gasteiger partial charge in [0, 0.05) is 64.8 Å². The number of nitrogens with one attached hydrogen (secondary N) is 1. The Balaban J connectivity index is 1.23. The molecule has 2 fully saturated rings. The number of guanidine groups is 1. The van der Waals surface area contributed by atoms with Gasteiger partial charge in [-0.15, -0.1) is 0 Å². The quantitative estimate of drug-likeness (QED) is 0.491. The molecule has 3 heterocycles. The van der Waals surface area contributed by atoms with Crippen molar-refractivity contribution in [2.75, 3.05) is 65.6 Å². The Bertz CT molecular complexity index is 767. The number of benzene rings is 1. The van der Waals surface area contributed by atoms with E-state index >= 15 is 0 Å². The Kier molecular flexibility index (Phi) is 8.24. The molecule has 0 saturated carbocycles. The van der Waals surface area contributed by atoms with Crippen LogP contribution in [0.15, 0.2) is 58.1 Å². The summed E-state index contributed by atoms with van der Waals surface area (Å²) in [7, 11) is 0. The molecule has 7 heteroatoms. The molecule has 7 nitrogen and oxygen atoms in total.